The van der Waals surface area contributed by atoms with Crippen molar-refractivity contribution in [3.63, 3.8) is 0 Å². The van der Waals surface area contributed by atoms with E-state index in [0.717, 1.165) is 0 Å². The fraction of sp³-hybridized carbons (Fsp3) is 0.625. The topological polar surface area (TPSA) is 64.4 Å². The molecule has 0 saturated carbocycles. The molecule has 0 aliphatic carbocycles. The van der Waals surface area contributed by atoms with Gasteiger partial charge in [-0.3, -0.25) is 0 Å². The summed E-state index contributed by atoms with van der Waals surface area (Å²) in [5.74, 6) is 1.02. The van der Waals surface area contributed by atoms with Crippen LogP contribution in [0.15, 0.2) is 17.3 Å². The number of hydrogen-bond acceptors (Lipinski definition) is 3. The first-order valence-electron chi connectivity index (χ1n) is 3.83. The summed E-state index contributed by atoms with van der Waals surface area (Å²) in [7, 11) is 0. The van der Waals surface area contributed by atoms with Gasteiger partial charge in [0.15, 0.2) is 0 Å². The van der Waals surface area contributed by atoms with Crippen LogP contribution in [0.2, 0.25) is 0 Å². The SMILES string of the molecule is CC(C)C1(N)C=CN=C(N)C1. The lowest BCUT2D eigenvalue weighted by molar-refractivity contribution is 0.393. The molecule has 4 N–H and O–H groups in total. The van der Waals surface area contributed by atoms with Gasteiger partial charge in [0.05, 0.1) is 0 Å². The number of rotatable bonds is 1. The van der Waals surface area contributed by atoms with E-state index >= 15 is 0 Å². The third-order valence-electron chi connectivity index (χ3n) is 2.19. The van der Waals surface area contributed by atoms with Crippen molar-refractivity contribution in [2.24, 2.45) is 22.4 Å². The monoisotopic (exact) mass is 153 g/mol. The van der Waals surface area contributed by atoms with Crippen molar-refractivity contribution >= 4 is 5.84 Å². The van der Waals surface area contributed by atoms with E-state index in [-0.39, 0.29) is 5.54 Å². The third-order valence-corrected chi connectivity index (χ3v) is 2.19. The van der Waals surface area contributed by atoms with Crippen molar-refractivity contribution in [2.45, 2.75) is 25.8 Å². The van der Waals surface area contributed by atoms with Crippen LogP contribution in [0.1, 0.15) is 20.3 Å². The molecule has 0 saturated heterocycles. The predicted octanol–water partition coefficient (Wildman–Crippen LogP) is 0.615. The van der Waals surface area contributed by atoms with E-state index in [1.165, 1.54) is 0 Å². The van der Waals surface area contributed by atoms with Crippen molar-refractivity contribution in [3.05, 3.63) is 12.3 Å². The standard InChI is InChI=1S/C8H15N3/c1-6(2)8(10)3-4-11-7(9)5-8/h3-4,6H,5,10H2,1-2H3,(H2,9,11). The number of amidine groups is 1. The molecular weight excluding hydrogens is 138 g/mol. The van der Waals surface area contributed by atoms with Gasteiger partial charge in [0.2, 0.25) is 0 Å². The predicted molar refractivity (Wildman–Crippen MR) is 47.1 cm³/mol. The van der Waals surface area contributed by atoms with Gasteiger partial charge in [-0.15, -0.1) is 0 Å². The van der Waals surface area contributed by atoms with Crippen molar-refractivity contribution in [1.82, 2.24) is 0 Å². The van der Waals surface area contributed by atoms with Crippen molar-refractivity contribution in [2.75, 3.05) is 0 Å². The Labute approximate surface area is 67.2 Å². The Balaban J connectivity index is 2.78. The molecule has 0 aromatic rings. The number of nitrogens with zero attached hydrogens (tertiary/aromatic N) is 1. The Bertz CT molecular complexity index is 205. The largest absolute Gasteiger partial charge is 0.387 e. The van der Waals surface area contributed by atoms with E-state index < -0.39 is 0 Å². The zero-order chi connectivity index (χ0) is 8.48. The first-order chi connectivity index (χ1) is 5.04. The lowest BCUT2D eigenvalue weighted by Gasteiger charge is -2.31. The van der Waals surface area contributed by atoms with Gasteiger partial charge >= 0.3 is 0 Å². The molecular formula is C8H15N3. The lowest BCUT2D eigenvalue weighted by atomic mass is 9.83. The van der Waals surface area contributed by atoms with E-state index in [1.807, 2.05) is 6.08 Å². The minimum absolute atomic E-state index is 0.286. The molecule has 0 amide bonds. The summed E-state index contributed by atoms with van der Waals surface area (Å²) >= 11 is 0. The van der Waals surface area contributed by atoms with Gasteiger partial charge in [0, 0.05) is 18.2 Å². The normalized spacial score (nSPS) is 30.7. The molecule has 0 aromatic carbocycles. The smallest absolute Gasteiger partial charge is 0.101 e. The van der Waals surface area contributed by atoms with Crippen LogP contribution in [0.3, 0.4) is 0 Å². The maximum Gasteiger partial charge on any atom is 0.101 e. The third kappa shape index (κ3) is 1.60. The van der Waals surface area contributed by atoms with Crippen LogP contribution in [0, 0.1) is 5.92 Å². The first kappa shape index (κ1) is 8.27. The van der Waals surface area contributed by atoms with Crippen LogP contribution >= 0.6 is 0 Å². The zero-order valence-electron chi connectivity index (χ0n) is 7.04. The highest BCUT2D eigenvalue weighted by Crippen LogP contribution is 2.22. The van der Waals surface area contributed by atoms with Crippen LogP contribution in [-0.4, -0.2) is 11.4 Å². The summed E-state index contributed by atoms with van der Waals surface area (Å²) in [5.41, 5.74) is 11.3. The average molecular weight is 153 g/mol. The van der Waals surface area contributed by atoms with Crippen LogP contribution < -0.4 is 11.5 Å². The molecule has 1 atom stereocenters. The number of hydrogen-bond donors (Lipinski definition) is 2. The molecule has 3 heteroatoms. The zero-order valence-corrected chi connectivity index (χ0v) is 7.04. The van der Waals surface area contributed by atoms with E-state index in [4.69, 9.17) is 11.5 Å². The average Bonchev–Trinajstić information content (AvgIpc) is 1.86. The van der Waals surface area contributed by atoms with Crippen LogP contribution in [0.5, 0.6) is 0 Å². The van der Waals surface area contributed by atoms with Gasteiger partial charge < -0.3 is 11.5 Å². The van der Waals surface area contributed by atoms with Crippen LogP contribution in [0.4, 0.5) is 0 Å². The lowest BCUT2D eigenvalue weighted by Crippen LogP contribution is -2.47. The molecule has 0 spiro atoms. The summed E-state index contributed by atoms with van der Waals surface area (Å²) in [4.78, 5) is 3.94. The summed E-state index contributed by atoms with van der Waals surface area (Å²) < 4.78 is 0. The quantitative estimate of drug-likeness (QED) is 0.580. The molecule has 0 radical (unpaired) electrons. The molecule has 1 heterocycles. The van der Waals surface area contributed by atoms with Gasteiger partial charge in [-0.2, -0.15) is 0 Å². The Kier molecular flexibility index (Phi) is 2.00. The Morgan fingerprint density at radius 2 is 2.27 bits per heavy atom. The van der Waals surface area contributed by atoms with Gasteiger partial charge in [0.1, 0.15) is 5.84 Å². The number of nitrogens with two attached hydrogens (primary N) is 2. The molecule has 1 rings (SSSR count). The van der Waals surface area contributed by atoms with Gasteiger partial charge in [-0.1, -0.05) is 13.8 Å². The highest BCUT2D eigenvalue weighted by atomic mass is 14.9. The Morgan fingerprint density at radius 3 is 2.64 bits per heavy atom. The molecule has 62 valence electrons. The van der Waals surface area contributed by atoms with Crippen molar-refractivity contribution in [1.29, 1.82) is 0 Å². The molecule has 0 bridgehead atoms. The van der Waals surface area contributed by atoms with Gasteiger partial charge in [-0.05, 0) is 12.0 Å². The highest BCUT2D eigenvalue weighted by Gasteiger charge is 2.28. The highest BCUT2D eigenvalue weighted by molar-refractivity contribution is 5.83. The van der Waals surface area contributed by atoms with E-state index in [1.54, 1.807) is 6.20 Å². The van der Waals surface area contributed by atoms with Crippen LogP contribution in [-0.2, 0) is 0 Å². The molecule has 1 unspecified atom stereocenters. The maximum absolute atomic E-state index is 6.04. The Hall–Kier alpha value is -0.830. The summed E-state index contributed by atoms with van der Waals surface area (Å²) in [6.45, 7) is 4.17. The molecule has 0 aromatic heterocycles. The second-order valence-electron chi connectivity index (χ2n) is 3.38. The van der Waals surface area contributed by atoms with Crippen molar-refractivity contribution < 1.29 is 0 Å². The van der Waals surface area contributed by atoms with Gasteiger partial charge in [0.25, 0.3) is 0 Å². The fourth-order valence-corrected chi connectivity index (χ4v) is 1.09. The van der Waals surface area contributed by atoms with Gasteiger partial charge in [-0.25, -0.2) is 4.99 Å². The summed E-state index contributed by atoms with van der Waals surface area (Å²) in [5, 5.41) is 0. The number of aliphatic imine (C=N–C) groups is 1. The summed E-state index contributed by atoms with van der Waals surface area (Å²) in [6, 6.07) is 0. The molecule has 1 aliphatic heterocycles. The minimum atomic E-state index is -0.286. The maximum atomic E-state index is 6.04. The molecule has 1 aliphatic rings. The van der Waals surface area contributed by atoms with E-state index in [9.17, 15) is 0 Å². The Morgan fingerprint density at radius 1 is 1.64 bits per heavy atom. The molecule has 3 nitrogen and oxygen atoms in total. The van der Waals surface area contributed by atoms with E-state index in [0.29, 0.717) is 18.2 Å². The van der Waals surface area contributed by atoms with E-state index in [2.05, 4.69) is 18.8 Å². The first-order valence-corrected chi connectivity index (χ1v) is 3.83. The fourth-order valence-electron chi connectivity index (χ4n) is 1.09. The molecule has 11 heavy (non-hydrogen) atoms. The second kappa shape index (κ2) is 2.66. The minimum Gasteiger partial charge on any atom is -0.387 e. The van der Waals surface area contributed by atoms with Crippen molar-refractivity contribution in [3.8, 4) is 0 Å². The second-order valence-corrected chi connectivity index (χ2v) is 3.38. The van der Waals surface area contributed by atoms with Crippen LogP contribution in [0.25, 0.3) is 0 Å². The molecule has 0 fully saturated rings. The summed E-state index contributed by atoms with van der Waals surface area (Å²) in [6.07, 6.45) is 4.29.